The van der Waals surface area contributed by atoms with Gasteiger partial charge in [-0.2, -0.15) is 0 Å². The summed E-state index contributed by atoms with van der Waals surface area (Å²) in [6, 6.07) is 7.73. The number of ether oxygens (including phenoxy) is 1. The van der Waals surface area contributed by atoms with Crippen LogP contribution in [0.15, 0.2) is 30.5 Å². The van der Waals surface area contributed by atoms with E-state index in [9.17, 15) is 9.90 Å². The number of rotatable bonds is 3. The molecule has 0 bridgehead atoms. The van der Waals surface area contributed by atoms with E-state index in [0.29, 0.717) is 0 Å². The third-order valence-corrected chi connectivity index (χ3v) is 2.52. The average Bonchev–Trinajstić information content (AvgIpc) is 2.75. The Morgan fingerprint density at radius 1 is 1.50 bits per heavy atom. The summed E-state index contributed by atoms with van der Waals surface area (Å²) in [5, 5.41) is 10.6. The molecule has 0 saturated carbocycles. The molecule has 84 valence electrons. The highest BCUT2D eigenvalue weighted by Gasteiger charge is 2.15. The first-order valence-corrected chi connectivity index (χ1v) is 5.02. The van der Waals surface area contributed by atoms with Crippen LogP contribution in [0.1, 0.15) is 5.56 Å². The van der Waals surface area contributed by atoms with Crippen molar-refractivity contribution in [2.24, 2.45) is 0 Å². The van der Waals surface area contributed by atoms with Crippen LogP contribution in [-0.4, -0.2) is 29.3 Å². The highest BCUT2D eigenvalue weighted by molar-refractivity contribution is 5.80. The van der Waals surface area contributed by atoms with Gasteiger partial charge in [-0.25, -0.2) is 4.79 Å². The maximum absolute atomic E-state index is 11.0. The third-order valence-electron chi connectivity index (χ3n) is 2.52. The van der Waals surface area contributed by atoms with Gasteiger partial charge in [0.05, 0.1) is 7.11 Å². The lowest BCUT2D eigenvalue weighted by Gasteiger charge is -2.08. The summed E-state index contributed by atoms with van der Waals surface area (Å²) < 4.78 is 4.46. The molecule has 2 aromatic rings. The predicted molar refractivity (Wildman–Crippen MR) is 60.0 cm³/mol. The van der Waals surface area contributed by atoms with Gasteiger partial charge in [-0.15, -0.1) is 0 Å². The van der Waals surface area contributed by atoms with Crippen LogP contribution in [0, 0.1) is 0 Å². The van der Waals surface area contributed by atoms with Crippen LogP contribution in [0.5, 0.6) is 0 Å². The predicted octanol–water partition coefficient (Wildman–Crippen LogP) is 1.24. The van der Waals surface area contributed by atoms with Crippen molar-refractivity contribution in [1.82, 2.24) is 4.98 Å². The number of H-pyrrole nitrogens is 1. The number of aromatic nitrogens is 1. The molecule has 4 nitrogen and oxygen atoms in total. The molecule has 0 radical (unpaired) electrons. The number of esters is 1. The molecule has 0 aliphatic heterocycles. The first kappa shape index (κ1) is 10.7. The van der Waals surface area contributed by atoms with Crippen LogP contribution in [0.4, 0.5) is 0 Å². The molecule has 0 saturated heterocycles. The zero-order chi connectivity index (χ0) is 11.5. The lowest BCUT2D eigenvalue weighted by Crippen LogP contribution is -2.24. The molecule has 2 N–H and O–H groups in total. The van der Waals surface area contributed by atoms with Gasteiger partial charge in [0.25, 0.3) is 0 Å². The molecule has 1 heterocycles. The molecule has 2 rings (SSSR count). The van der Waals surface area contributed by atoms with Crippen molar-refractivity contribution in [3.63, 3.8) is 0 Å². The Hall–Kier alpha value is -1.81. The van der Waals surface area contributed by atoms with Crippen molar-refractivity contribution >= 4 is 16.9 Å². The molecule has 1 atom stereocenters. The molecular formula is C12H13NO3. The number of aliphatic hydroxyl groups is 1. The van der Waals surface area contributed by atoms with Crippen molar-refractivity contribution in [3.05, 3.63) is 36.0 Å². The first-order chi connectivity index (χ1) is 7.70. The normalized spacial score (nSPS) is 12.6. The first-order valence-electron chi connectivity index (χ1n) is 5.02. The lowest BCUT2D eigenvalue weighted by molar-refractivity contribution is -0.150. The van der Waals surface area contributed by atoms with E-state index < -0.39 is 12.1 Å². The Kier molecular flexibility index (Phi) is 2.92. The van der Waals surface area contributed by atoms with E-state index in [1.165, 1.54) is 7.11 Å². The summed E-state index contributed by atoms with van der Waals surface area (Å²) in [5.74, 6) is -0.605. The molecule has 0 spiro atoms. The largest absolute Gasteiger partial charge is 0.467 e. The number of aromatic amines is 1. The quantitative estimate of drug-likeness (QED) is 0.763. The molecule has 0 amide bonds. The zero-order valence-electron chi connectivity index (χ0n) is 8.93. The zero-order valence-corrected chi connectivity index (χ0v) is 8.93. The number of hydrogen-bond donors (Lipinski definition) is 2. The Morgan fingerprint density at radius 2 is 2.31 bits per heavy atom. The second-order valence-corrected chi connectivity index (χ2v) is 3.64. The molecule has 0 aliphatic rings. The minimum atomic E-state index is -1.10. The maximum Gasteiger partial charge on any atom is 0.335 e. The number of benzene rings is 1. The van der Waals surface area contributed by atoms with Gasteiger partial charge in [0, 0.05) is 18.1 Å². The molecule has 1 aromatic carbocycles. The van der Waals surface area contributed by atoms with E-state index in [2.05, 4.69) is 9.72 Å². The number of nitrogens with one attached hydrogen (secondary N) is 1. The van der Waals surface area contributed by atoms with Gasteiger partial charge in [-0.1, -0.05) is 12.1 Å². The summed E-state index contributed by atoms with van der Waals surface area (Å²) >= 11 is 0. The fourth-order valence-electron chi connectivity index (χ4n) is 1.66. The van der Waals surface area contributed by atoms with Gasteiger partial charge in [0.2, 0.25) is 0 Å². The Balaban J connectivity index is 2.17. The molecule has 1 aromatic heterocycles. The van der Waals surface area contributed by atoms with Crippen LogP contribution < -0.4 is 0 Å². The number of carbonyl (C=O) groups is 1. The third kappa shape index (κ3) is 2.06. The molecular weight excluding hydrogens is 206 g/mol. The highest BCUT2D eigenvalue weighted by atomic mass is 16.5. The van der Waals surface area contributed by atoms with Gasteiger partial charge >= 0.3 is 5.97 Å². The van der Waals surface area contributed by atoms with Crippen molar-refractivity contribution in [1.29, 1.82) is 0 Å². The van der Waals surface area contributed by atoms with E-state index in [0.717, 1.165) is 16.5 Å². The number of fused-ring (bicyclic) bond motifs is 1. The number of aliphatic hydroxyl groups excluding tert-OH is 1. The summed E-state index contributed by atoms with van der Waals surface area (Å²) in [7, 11) is 1.26. The number of carbonyl (C=O) groups excluding carboxylic acids is 1. The van der Waals surface area contributed by atoms with Crippen molar-refractivity contribution in [2.75, 3.05) is 7.11 Å². The van der Waals surface area contributed by atoms with Crippen LogP contribution in [0.3, 0.4) is 0 Å². The SMILES string of the molecule is COC(=O)C(O)Cc1ccc2cc[nH]c2c1. The Bertz CT molecular complexity index is 504. The van der Waals surface area contributed by atoms with E-state index in [1.54, 1.807) is 0 Å². The van der Waals surface area contributed by atoms with Gasteiger partial charge in [-0.3, -0.25) is 0 Å². The lowest BCUT2D eigenvalue weighted by atomic mass is 10.1. The van der Waals surface area contributed by atoms with Gasteiger partial charge in [-0.05, 0) is 23.1 Å². The number of methoxy groups -OCH3 is 1. The van der Waals surface area contributed by atoms with Crippen LogP contribution in [-0.2, 0) is 16.0 Å². The standard InChI is InChI=1S/C12H13NO3/c1-16-12(15)11(14)7-8-2-3-9-4-5-13-10(9)6-8/h2-6,11,13-14H,7H2,1H3. The topological polar surface area (TPSA) is 62.3 Å². The number of hydrogen-bond acceptors (Lipinski definition) is 3. The van der Waals surface area contributed by atoms with E-state index in [4.69, 9.17) is 0 Å². The van der Waals surface area contributed by atoms with Crippen LogP contribution in [0.25, 0.3) is 10.9 Å². The Labute approximate surface area is 92.9 Å². The highest BCUT2D eigenvalue weighted by Crippen LogP contribution is 2.15. The fraction of sp³-hybridized carbons (Fsp3) is 0.250. The fourth-order valence-corrected chi connectivity index (χ4v) is 1.66. The molecule has 1 unspecified atom stereocenters. The van der Waals surface area contributed by atoms with E-state index in [1.807, 2.05) is 30.5 Å². The van der Waals surface area contributed by atoms with E-state index in [-0.39, 0.29) is 6.42 Å². The molecule has 0 aliphatic carbocycles. The van der Waals surface area contributed by atoms with Crippen molar-refractivity contribution in [2.45, 2.75) is 12.5 Å². The van der Waals surface area contributed by atoms with Crippen molar-refractivity contribution < 1.29 is 14.6 Å². The maximum atomic E-state index is 11.0. The Morgan fingerprint density at radius 3 is 3.06 bits per heavy atom. The van der Waals surface area contributed by atoms with Gasteiger partial charge in [0.1, 0.15) is 0 Å². The average molecular weight is 219 g/mol. The molecule has 4 heteroatoms. The minimum absolute atomic E-state index is 0.266. The summed E-state index contributed by atoms with van der Waals surface area (Å²) in [6.45, 7) is 0. The molecule has 0 fully saturated rings. The summed E-state index contributed by atoms with van der Waals surface area (Å²) in [4.78, 5) is 14.1. The van der Waals surface area contributed by atoms with Gasteiger partial charge < -0.3 is 14.8 Å². The van der Waals surface area contributed by atoms with Crippen LogP contribution in [0.2, 0.25) is 0 Å². The van der Waals surface area contributed by atoms with Crippen molar-refractivity contribution in [3.8, 4) is 0 Å². The van der Waals surface area contributed by atoms with E-state index >= 15 is 0 Å². The smallest absolute Gasteiger partial charge is 0.335 e. The monoisotopic (exact) mass is 219 g/mol. The van der Waals surface area contributed by atoms with Crippen LogP contribution >= 0.6 is 0 Å². The molecule has 16 heavy (non-hydrogen) atoms. The summed E-state index contributed by atoms with van der Waals surface area (Å²) in [6.07, 6.45) is 1.02. The second-order valence-electron chi connectivity index (χ2n) is 3.64. The minimum Gasteiger partial charge on any atom is -0.467 e. The van der Waals surface area contributed by atoms with Gasteiger partial charge in [0.15, 0.2) is 6.10 Å². The second kappa shape index (κ2) is 4.37. The summed E-state index contributed by atoms with van der Waals surface area (Å²) in [5.41, 5.74) is 1.89.